The van der Waals surface area contributed by atoms with E-state index < -0.39 is 6.04 Å². The molecule has 1 aliphatic rings. The van der Waals surface area contributed by atoms with Crippen molar-refractivity contribution in [1.29, 1.82) is 0 Å². The number of aryl methyl sites for hydroxylation is 1. The number of carbonyl (C=O) groups excluding carboxylic acids is 2. The summed E-state index contributed by atoms with van der Waals surface area (Å²) in [5, 5.41) is 19.4. The molecule has 3 aromatic rings. The molecule has 0 spiro atoms. The Kier molecular flexibility index (Phi) is 6.51. The highest BCUT2D eigenvalue weighted by molar-refractivity contribution is 5.95. The topological polar surface area (TPSA) is 108 Å². The molecule has 0 radical (unpaired) electrons. The molecular formula is C24H26N4O4. The van der Waals surface area contributed by atoms with Crippen molar-refractivity contribution >= 4 is 23.3 Å². The van der Waals surface area contributed by atoms with Gasteiger partial charge in [-0.2, -0.15) is 0 Å². The third-order valence-electron chi connectivity index (χ3n) is 5.67. The zero-order valence-corrected chi connectivity index (χ0v) is 17.8. The molecule has 0 saturated carbocycles. The fraction of sp³-hybridized carbons (Fsp3) is 0.292. The molecule has 1 aromatic heterocycles. The average molecular weight is 434 g/mol. The van der Waals surface area contributed by atoms with Gasteiger partial charge in [0.25, 0.3) is 0 Å². The second kappa shape index (κ2) is 9.65. The van der Waals surface area contributed by atoms with E-state index in [4.69, 9.17) is 4.52 Å². The Bertz CT molecular complexity index is 1070. The highest BCUT2D eigenvalue weighted by Crippen LogP contribution is 2.30. The fourth-order valence-corrected chi connectivity index (χ4v) is 4.02. The Morgan fingerprint density at radius 3 is 2.41 bits per heavy atom. The van der Waals surface area contributed by atoms with Crippen LogP contribution in [0.15, 0.2) is 65.2 Å². The van der Waals surface area contributed by atoms with Crippen LogP contribution in [0.2, 0.25) is 0 Å². The van der Waals surface area contributed by atoms with Crippen molar-refractivity contribution in [2.24, 2.45) is 5.92 Å². The number of benzene rings is 2. The molecule has 2 heterocycles. The van der Waals surface area contributed by atoms with Gasteiger partial charge in [0, 0.05) is 12.0 Å². The van der Waals surface area contributed by atoms with E-state index in [-0.39, 0.29) is 23.5 Å². The molecule has 32 heavy (non-hydrogen) atoms. The van der Waals surface area contributed by atoms with Crippen molar-refractivity contribution in [3.8, 4) is 5.75 Å². The van der Waals surface area contributed by atoms with E-state index in [1.807, 2.05) is 30.3 Å². The van der Waals surface area contributed by atoms with Crippen LogP contribution in [0, 0.1) is 12.8 Å². The molecule has 8 nitrogen and oxygen atoms in total. The Morgan fingerprint density at radius 1 is 1.06 bits per heavy atom. The number of aromatic hydroxyl groups is 1. The molecule has 0 bridgehead atoms. The molecule has 1 atom stereocenters. The minimum Gasteiger partial charge on any atom is -0.506 e. The maximum Gasteiger partial charge on any atom is 0.247 e. The number of anilines is 2. The van der Waals surface area contributed by atoms with Crippen LogP contribution in [0.3, 0.4) is 0 Å². The van der Waals surface area contributed by atoms with Gasteiger partial charge in [-0.1, -0.05) is 47.6 Å². The zero-order chi connectivity index (χ0) is 22.5. The fourth-order valence-electron chi connectivity index (χ4n) is 4.02. The van der Waals surface area contributed by atoms with Crippen molar-refractivity contribution in [2.75, 3.05) is 23.7 Å². The molecule has 2 aromatic carbocycles. The van der Waals surface area contributed by atoms with E-state index in [1.165, 1.54) is 6.07 Å². The van der Waals surface area contributed by atoms with Crippen LogP contribution in [0.5, 0.6) is 5.75 Å². The molecule has 166 valence electrons. The summed E-state index contributed by atoms with van der Waals surface area (Å²) in [5.41, 5.74) is 1.28. The van der Waals surface area contributed by atoms with Crippen LogP contribution in [-0.2, 0) is 9.59 Å². The Balaban J connectivity index is 1.43. The normalized spacial score (nSPS) is 15.8. The minimum atomic E-state index is -0.504. The summed E-state index contributed by atoms with van der Waals surface area (Å²) in [7, 11) is 0. The van der Waals surface area contributed by atoms with Gasteiger partial charge < -0.3 is 20.3 Å². The second-order valence-electron chi connectivity index (χ2n) is 7.94. The summed E-state index contributed by atoms with van der Waals surface area (Å²) in [6.45, 7) is 2.94. The van der Waals surface area contributed by atoms with E-state index in [0.29, 0.717) is 43.2 Å². The van der Waals surface area contributed by atoms with Crippen LogP contribution in [0.1, 0.15) is 30.2 Å². The third-order valence-corrected chi connectivity index (χ3v) is 5.67. The van der Waals surface area contributed by atoms with Gasteiger partial charge in [-0.3, -0.25) is 14.5 Å². The number of nitrogens with zero attached hydrogens (tertiary/aromatic N) is 2. The number of carbonyl (C=O) groups is 2. The Labute approximate surface area is 186 Å². The lowest BCUT2D eigenvalue weighted by Crippen LogP contribution is -2.44. The number of nitrogens with one attached hydrogen (secondary N) is 2. The molecule has 8 heteroatoms. The number of piperidine rings is 1. The first kappa shape index (κ1) is 21.6. The smallest absolute Gasteiger partial charge is 0.247 e. The van der Waals surface area contributed by atoms with Crippen LogP contribution < -0.4 is 10.6 Å². The summed E-state index contributed by atoms with van der Waals surface area (Å²) >= 11 is 0. The molecular weight excluding hydrogens is 408 g/mol. The average Bonchev–Trinajstić information content (AvgIpc) is 3.21. The summed E-state index contributed by atoms with van der Waals surface area (Å²) in [4.78, 5) is 28.0. The monoisotopic (exact) mass is 434 g/mol. The van der Waals surface area contributed by atoms with E-state index in [1.54, 1.807) is 31.2 Å². The van der Waals surface area contributed by atoms with Crippen LogP contribution in [0.25, 0.3) is 0 Å². The number of para-hydroxylation sites is 2. The Hall–Kier alpha value is -3.65. The number of rotatable bonds is 6. The Morgan fingerprint density at radius 2 is 1.75 bits per heavy atom. The first-order valence-corrected chi connectivity index (χ1v) is 10.6. The van der Waals surface area contributed by atoms with Crippen molar-refractivity contribution in [3.05, 3.63) is 72.0 Å². The largest absolute Gasteiger partial charge is 0.506 e. The van der Waals surface area contributed by atoms with E-state index in [0.717, 1.165) is 5.56 Å². The van der Waals surface area contributed by atoms with Gasteiger partial charge >= 0.3 is 0 Å². The summed E-state index contributed by atoms with van der Waals surface area (Å²) < 4.78 is 5.05. The number of hydrogen-bond acceptors (Lipinski definition) is 6. The maximum atomic E-state index is 13.2. The van der Waals surface area contributed by atoms with Gasteiger partial charge in [-0.25, -0.2) is 0 Å². The second-order valence-corrected chi connectivity index (χ2v) is 7.94. The number of phenols is 1. The van der Waals surface area contributed by atoms with Crippen molar-refractivity contribution in [3.63, 3.8) is 0 Å². The van der Waals surface area contributed by atoms with Gasteiger partial charge in [0.2, 0.25) is 11.8 Å². The van der Waals surface area contributed by atoms with Crippen LogP contribution in [0.4, 0.5) is 11.5 Å². The number of likely N-dealkylation sites (tertiary alicyclic amines) is 1. The van der Waals surface area contributed by atoms with E-state index in [2.05, 4.69) is 20.7 Å². The van der Waals surface area contributed by atoms with Crippen molar-refractivity contribution < 1.29 is 19.2 Å². The molecule has 2 amide bonds. The quantitative estimate of drug-likeness (QED) is 0.511. The third kappa shape index (κ3) is 4.97. The van der Waals surface area contributed by atoms with Crippen molar-refractivity contribution in [2.45, 2.75) is 25.8 Å². The molecule has 1 fully saturated rings. The molecule has 3 N–H and O–H groups in total. The van der Waals surface area contributed by atoms with Gasteiger partial charge in [0.15, 0.2) is 5.82 Å². The molecule has 1 aliphatic heterocycles. The van der Waals surface area contributed by atoms with Crippen LogP contribution in [-0.4, -0.2) is 40.1 Å². The maximum absolute atomic E-state index is 13.2. The standard InChI is InChI=1S/C24H26N4O4/c1-16-15-21(27-32-16)26-24(31)22(17-7-3-2-4-8-17)28-13-11-18(12-14-28)23(30)25-19-9-5-6-10-20(19)29/h2-10,15,18,22,29H,11-14H2,1H3,(H,25,30)(H,26,27,31)/t22-/m1/s1. The van der Waals surface area contributed by atoms with Gasteiger partial charge in [-0.05, 0) is 50.6 Å². The molecule has 1 saturated heterocycles. The van der Waals surface area contributed by atoms with Crippen LogP contribution >= 0.6 is 0 Å². The molecule has 0 aliphatic carbocycles. The van der Waals surface area contributed by atoms with E-state index in [9.17, 15) is 14.7 Å². The molecule has 0 unspecified atom stereocenters. The summed E-state index contributed by atoms with van der Waals surface area (Å²) in [5.74, 6) is 0.537. The minimum absolute atomic E-state index is 0.0437. The van der Waals surface area contributed by atoms with Gasteiger partial charge in [0.05, 0.1) is 5.69 Å². The number of amides is 2. The first-order valence-electron chi connectivity index (χ1n) is 10.6. The predicted molar refractivity (Wildman–Crippen MR) is 120 cm³/mol. The number of hydrogen-bond donors (Lipinski definition) is 3. The molecule has 4 rings (SSSR count). The lowest BCUT2D eigenvalue weighted by atomic mass is 9.93. The summed E-state index contributed by atoms with van der Waals surface area (Å²) in [6, 6.07) is 17.4. The highest BCUT2D eigenvalue weighted by Gasteiger charge is 2.33. The SMILES string of the molecule is Cc1cc(NC(=O)[C@@H](c2ccccc2)N2CCC(C(=O)Nc3ccccc3O)CC2)no1. The van der Waals surface area contributed by atoms with Gasteiger partial charge in [-0.15, -0.1) is 0 Å². The number of aromatic nitrogens is 1. The lowest BCUT2D eigenvalue weighted by Gasteiger charge is -2.36. The first-order chi connectivity index (χ1) is 15.5. The van der Waals surface area contributed by atoms with E-state index >= 15 is 0 Å². The predicted octanol–water partition coefficient (Wildman–Crippen LogP) is 3.72. The van der Waals surface area contributed by atoms with Gasteiger partial charge in [0.1, 0.15) is 17.6 Å². The lowest BCUT2D eigenvalue weighted by molar-refractivity contribution is -0.124. The van der Waals surface area contributed by atoms with Crippen molar-refractivity contribution in [1.82, 2.24) is 10.1 Å². The zero-order valence-electron chi connectivity index (χ0n) is 17.8. The highest BCUT2D eigenvalue weighted by atomic mass is 16.5. The summed E-state index contributed by atoms with van der Waals surface area (Å²) in [6.07, 6.45) is 1.22. The number of phenolic OH excluding ortho intramolecular Hbond substituents is 1.